The largest absolute Gasteiger partial charge is 0 e. The normalized spacial score (nSPS) is 12.2. The number of aliphatic carboxylic acids is 6. The Balaban J connectivity index is -0.0000000735. The summed E-state index contributed by atoms with van der Waals surface area (Å²) in [5.41, 5.74) is 0. The summed E-state index contributed by atoms with van der Waals surface area (Å²) in [6.45, 7) is 35.8. The Morgan fingerprint density at radius 1 is 0.450 bits per heavy atom. The summed E-state index contributed by atoms with van der Waals surface area (Å²) < 4.78 is 22.5. The molecule has 40 heavy (non-hydrogen) atoms. The second kappa shape index (κ2) is 32.2. The number of rotatable bonds is 9. The average molecular weight is 645 g/mol. The maximum atomic E-state index is 10.1. The van der Waals surface area contributed by atoms with Gasteiger partial charge in [-0.3, -0.25) is 0 Å². The van der Waals surface area contributed by atoms with Gasteiger partial charge >= 0.3 is 33.9 Å². The molecule has 0 heterocycles. The van der Waals surface area contributed by atoms with E-state index in [4.69, 9.17) is 33.7 Å². The smallest absolute Gasteiger partial charge is 0 e. The average Bonchev–Trinajstić information content (AvgIpc) is 2.88. The molecule has 0 fully saturated rings. The minimum atomic E-state index is -1.68. The van der Waals surface area contributed by atoms with Crippen LogP contribution < -0.4 is 30.6 Å². The van der Waals surface area contributed by atoms with Crippen LogP contribution in [0.2, 0.25) is 0 Å². The van der Waals surface area contributed by atoms with Gasteiger partial charge in [0.05, 0.1) is 35.7 Å². The molecule has 0 amide bonds. The fourth-order valence-electron chi connectivity index (χ4n) is 1.49. The van der Waals surface area contributed by atoms with Crippen molar-refractivity contribution in [2.24, 2.45) is 17.8 Å². The monoisotopic (exact) mass is 647 g/mol. The molecule has 18 nitrogen and oxygen atoms in total. The molecule has 0 radical (unpaired) electrons. The van der Waals surface area contributed by atoms with Gasteiger partial charge in [0.25, 0.3) is 18.1 Å². The number of nitrogens with zero attached hydrogens (tertiary/aromatic N) is 3. The second-order valence-electron chi connectivity index (χ2n) is 6.00. The molecule has 19 heteroatoms. The van der Waals surface area contributed by atoms with Crippen molar-refractivity contribution in [2.45, 2.75) is 38.9 Å². The van der Waals surface area contributed by atoms with E-state index in [2.05, 4.69) is 34.5 Å². The molecule has 0 bridgehead atoms. The predicted octanol–water partition coefficient (Wildman–Crippen LogP) is -7.88. The first kappa shape index (κ1) is 51.8. The number of hydrogen-bond acceptors (Lipinski definition) is 12. The van der Waals surface area contributed by atoms with E-state index in [0.29, 0.717) is 0 Å². The van der Waals surface area contributed by atoms with Crippen LogP contribution in [0, 0.1) is 57.4 Å². The van der Waals surface area contributed by atoms with Crippen LogP contribution >= 0.6 is 0 Å². The molecule has 6 unspecified atom stereocenters. The van der Waals surface area contributed by atoms with Gasteiger partial charge in [-0.05, 0) is 20.8 Å². The van der Waals surface area contributed by atoms with E-state index < -0.39 is 71.7 Å². The van der Waals surface area contributed by atoms with Crippen LogP contribution in [0.4, 0.5) is 0 Å². The number of carboxylic acid groups (broad SMARTS) is 6. The van der Waals surface area contributed by atoms with Gasteiger partial charge in [0.2, 0.25) is 0 Å². The van der Waals surface area contributed by atoms with Gasteiger partial charge in [0, 0.05) is 21.1 Å². The van der Waals surface area contributed by atoms with Crippen LogP contribution in [0.3, 0.4) is 0 Å². The van der Waals surface area contributed by atoms with Gasteiger partial charge in [-0.15, -0.1) is 0 Å². The molecule has 0 aliphatic rings. The van der Waals surface area contributed by atoms with Crippen LogP contribution in [0.5, 0.6) is 0 Å². The van der Waals surface area contributed by atoms with Crippen molar-refractivity contribution in [1.82, 2.24) is 0 Å². The molecule has 0 N–H and O–H groups in total. The Kier molecular flexibility index (Phi) is 41.7. The first-order chi connectivity index (χ1) is 18.0. The van der Waals surface area contributed by atoms with Crippen molar-refractivity contribution in [3.63, 3.8) is 0 Å². The van der Waals surface area contributed by atoms with Crippen molar-refractivity contribution in [1.29, 1.82) is 0 Å². The molecular weight excluding hydrogens is 630 g/mol. The zero-order chi connectivity index (χ0) is 33.0. The molecule has 0 rings (SSSR count). The molecule has 0 aliphatic carbocycles. The van der Waals surface area contributed by atoms with Crippen molar-refractivity contribution < 1.29 is 94.4 Å². The first-order valence-corrected chi connectivity index (χ1v) is 8.97. The summed E-state index contributed by atoms with van der Waals surface area (Å²) in [6.07, 6.45) is 0. The Bertz CT molecular complexity index is 889. The summed E-state index contributed by atoms with van der Waals surface area (Å²) in [4.78, 5) is 68.1. The first-order valence-electron chi connectivity index (χ1n) is 8.97. The van der Waals surface area contributed by atoms with E-state index >= 15 is 0 Å². The van der Waals surface area contributed by atoms with E-state index in [1.807, 2.05) is 0 Å². The van der Waals surface area contributed by atoms with Crippen LogP contribution in [0.15, 0.2) is 0 Å². The van der Waals surface area contributed by atoms with E-state index in [-0.39, 0.29) is 21.1 Å². The van der Waals surface area contributed by atoms with Crippen LogP contribution in [-0.4, -0.2) is 53.9 Å². The quantitative estimate of drug-likeness (QED) is 0.128. The third-order valence-corrected chi connectivity index (χ3v) is 3.68. The van der Waals surface area contributed by atoms with Crippen molar-refractivity contribution in [2.75, 3.05) is 0 Å². The minimum Gasteiger partial charge on any atom is 0 e. The molecule has 0 aromatic heterocycles. The summed E-state index contributed by atoms with van der Waals surface area (Å²) >= 11 is 0. The van der Waals surface area contributed by atoms with Crippen LogP contribution in [0.1, 0.15) is 20.8 Å². The minimum absolute atomic E-state index is 0. The van der Waals surface area contributed by atoms with Gasteiger partial charge in [-0.2, -0.15) is 0 Å². The number of hydrogen-bond donors (Lipinski definition) is 0. The van der Waals surface area contributed by atoms with E-state index in [0.717, 1.165) is 20.8 Å². The Morgan fingerprint density at radius 3 is 0.600 bits per heavy atom. The van der Waals surface area contributed by atoms with Crippen LogP contribution in [0.25, 0.3) is 14.5 Å². The van der Waals surface area contributed by atoms with Gasteiger partial charge in [0.1, 0.15) is 17.9 Å². The molecule has 0 saturated heterocycles. The summed E-state index contributed by atoms with van der Waals surface area (Å²) in [7, 11) is 0. The summed E-state index contributed by atoms with van der Waals surface area (Å²) in [5, 5.41) is 60.4. The van der Waals surface area contributed by atoms with Gasteiger partial charge in [-0.1, -0.05) is 0 Å². The molecule has 216 valence electrons. The standard InChI is InChI=1S/3C6H7NO4.3CO.Mo/c3*1-3(5(8)9)4(7-2)6(10)11;3*1-2;/h3*3-4H,1H3,(H,8,9)(H,10,11);;;;/p-6. The summed E-state index contributed by atoms with van der Waals surface area (Å²) in [5.74, 6) is -13.7. The number of carbonyl (C=O) groups is 6. The van der Waals surface area contributed by atoms with E-state index in [9.17, 15) is 59.4 Å². The van der Waals surface area contributed by atoms with Crippen molar-refractivity contribution in [3.8, 4) is 0 Å². The molecule has 0 saturated carbocycles. The summed E-state index contributed by atoms with van der Waals surface area (Å²) in [6, 6.07) is -4.96. The zero-order valence-electron chi connectivity index (χ0n) is 20.3. The van der Waals surface area contributed by atoms with E-state index in [1.165, 1.54) is 0 Å². The Morgan fingerprint density at radius 2 is 0.575 bits per heavy atom. The molecular formula is C21H15MoN3O15-6. The van der Waals surface area contributed by atoms with Gasteiger partial charge in [-0.25, -0.2) is 19.7 Å². The van der Waals surface area contributed by atoms with Gasteiger partial charge < -0.3 is 73.9 Å². The van der Waals surface area contributed by atoms with Gasteiger partial charge in [0.15, 0.2) is 0 Å². The zero-order valence-corrected chi connectivity index (χ0v) is 22.3. The maximum Gasteiger partial charge on any atom is 0 e. The third-order valence-electron chi connectivity index (χ3n) is 3.68. The van der Waals surface area contributed by atoms with Crippen molar-refractivity contribution in [3.05, 3.63) is 54.2 Å². The van der Waals surface area contributed by atoms with E-state index in [1.54, 1.807) is 0 Å². The molecule has 0 aliphatic heterocycles. The fourth-order valence-corrected chi connectivity index (χ4v) is 1.49. The van der Waals surface area contributed by atoms with Crippen molar-refractivity contribution >= 4 is 35.8 Å². The predicted molar refractivity (Wildman–Crippen MR) is 100 cm³/mol. The third kappa shape index (κ3) is 24.9. The fraction of sp³-hybridized carbons (Fsp3) is 0.429. The topological polar surface area (TPSA) is 314 Å². The molecule has 6 atom stereocenters. The van der Waals surface area contributed by atoms with Crippen LogP contribution in [-0.2, 0) is 63.8 Å². The Labute approximate surface area is 241 Å². The molecule has 0 aromatic rings. The number of carbonyl (C=O) groups excluding carboxylic acids is 6. The SMILES string of the molecule is [C-]#[N+]C(C(=O)[O-])C(C)C(=O)[O-].[C-]#[N+]C(C(=O)[O-])C(C)C(=O)[O-].[C-]#[N+]C(C(=O)[O-])C(C)C(=O)[O-].[C-]#[O+].[C-]#[O+].[C-]#[O+].[Mo]. The second-order valence-corrected chi connectivity index (χ2v) is 6.00. The number of carboxylic acids is 6. The maximum absolute atomic E-state index is 10.1. The molecule has 0 aromatic carbocycles. The Hall–Kier alpha value is -4.80. The molecule has 0 spiro atoms.